The second-order valence-corrected chi connectivity index (χ2v) is 5.45. The van der Waals surface area contributed by atoms with Gasteiger partial charge in [0.25, 0.3) is 0 Å². The number of halogens is 2. The molecule has 2 heterocycles. The first kappa shape index (κ1) is 12.7. The number of nitrogens with zero attached hydrogens (tertiary/aromatic N) is 3. The fraction of sp³-hybridized carbons (Fsp3) is 0.300. The van der Waals surface area contributed by atoms with Crippen LogP contribution in [0.2, 0.25) is 5.28 Å². The summed E-state index contributed by atoms with van der Waals surface area (Å²) in [6, 6.07) is 0.244. The van der Waals surface area contributed by atoms with Crippen LogP contribution < -0.4 is 4.74 Å². The minimum Gasteiger partial charge on any atom is -0.461 e. The van der Waals surface area contributed by atoms with Gasteiger partial charge in [0.05, 0.1) is 6.10 Å². The van der Waals surface area contributed by atoms with E-state index in [1.54, 1.807) is 11.3 Å². The molecule has 0 unspecified atom stereocenters. The molecule has 0 saturated carbocycles. The van der Waals surface area contributed by atoms with E-state index >= 15 is 0 Å². The highest BCUT2D eigenvalue weighted by molar-refractivity contribution is 9.10. The fourth-order valence-corrected chi connectivity index (χ4v) is 2.76. The zero-order valence-corrected chi connectivity index (χ0v) is 12.3. The number of hydrogen-bond acceptors (Lipinski definition) is 5. The first-order valence-corrected chi connectivity index (χ1v) is 6.98. The molecule has 0 amide bonds. The minimum atomic E-state index is -0.00719. The van der Waals surface area contributed by atoms with Crippen LogP contribution in [0.4, 0.5) is 0 Å². The third-order valence-electron chi connectivity index (χ3n) is 1.78. The van der Waals surface area contributed by atoms with Gasteiger partial charge in [-0.1, -0.05) is 0 Å². The molecule has 7 heteroatoms. The van der Waals surface area contributed by atoms with Crippen molar-refractivity contribution in [2.75, 3.05) is 0 Å². The van der Waals surface area contributed by atoms with E-state index in [1.165, 1.54) is 0 Å². The first-order chi connectivity index (χ1) is 8.06. The molecule has 0 saturated heterocycles. The van der Waals surface area contributed by atoms with Crippen LogP contribution in [0.5, 0.6) is 6.01 Å². The minimum absolute atomic E-state index is 0.00719. The maximum atomic E-state index is 5.85. The number of aromatic nitrogens is 3. The first-order valence-electron chi connectivity index (χ1n) is 4.86. The van der Waals surface area contributed by atoms with Gasteiger partial charge < -0.3 is 4.74 Å². The van der Waals surface area contributed by atoms with Gasteiger partial charge in [-0.05, 0) is 41.4 Å². The zero-order valence-electron chi connectivity index (χ0n) is 9.15. The standard InChI is InChI=1S/C10H9BrClN3OS/c1-5(2)16-10-14-8(13-9(12)15-10)6-3-17-4-7(6)11/h3-5H,1-2H3. The smallest absolute Gasteiger partial charge is 0.321 e. The Bertz CT molecular complexity index is 532. The highest BCUT2D eigenvalue weighted by atomic mass is 79.9. The summed E-state index contributed by atoms with van der Waals surface area (Å²) in [4.78, 5) is 12.2. The van der Waals surface area contributed by atoms with Crippen LogP contribution in [0.1, 0.15) is 13.8 Å². The topological polar surface area (TPSA) is 47.9 Å². The second-order valence-electron chi connectivity index (χ2n) is 3.51. The Morgan fingerprint density at radius 1 is 1.29 bits per heavy atom. The molecule has 0 aromatic carbocycles. The van der Waals surface area contributed by atoms with Crippen molar-refractivity contribution >= 4 is 38.9 Å². The molecule has 0 spiro atoms. The average molecular weight is 335 g/mol. The van der Waals surface area contributed by atoms with E-state index in [1.807, 2.05) is 24.6 Å². The lowest BCUT2D eigenvalue weighted by Crippen LogP contribution is -2.09. The summed E-state index contributed by atoms with van der Waals surface area (Å²) in [5, 5.41) is 4.02. The van der Waals surface area contributed by atoms with Gasteiger partial charge in [-0.25, -0.2) is 0 Å². The molecule has 2 aromatic rings. The SMILES string of the molecule is CC(C)Oc1nc(Cl)nc(-c2cscc2Br)n1. The zero-order chi connectivity index (χ0) is 12.4. The summed E-state index contributed by atoms with van der Waals surface area (Å²) in [5.41, 5.74) is 0.882. The van der Waals surface area contributed by atoms with Crippen LogP contribution in [-0.2, 0) is 0 Å². The molecule has 0 fully saturated rings. The van der Waals surface area contributed by atoms with Crippen molar-refractivity contribution in [3.8, 4) is 17.4 Å². The van der Waals surface area contributed by atoms with Crippen LogP contribution in [0, 0.1) is 0 Å². The van der Waals surface area contributed by atoms with Crippen LogP contribution in [0.25, 0.3) is 11.4 Å². The summed E-state index contributed by atoms with van der Waals surface area (Å²) in [7, 11) is 0. The molecular weight excluding hydrogens is 326 g/mol. The lowest BCUT2D eigenvalue weighted by molar-refractivity contribution is 0.222. The molecule has 90 valence electrons. The summed E-state index contributed by atoms with van der Waals surface area (Å²) >= 11 is 10.8. The maximum Gasteiger partial charge on any atom is 0.321 e. The Balaban J connectivity index is 2.42. The van der Waals surface area contributed by atoms with Gasteiger partial charge in [-0.2, -0.15) is 26.3 Å². The van der Waals surface area contributed by atoms with Crippen molar-refractivity contribution in [2.45, 2.75) is 20.0 Å². The van der Waals surface area contributed by atoms with Crippen LogP contribution in [0.15, 0.2) is 15.2 Å². The van der Waals surface area contributed by atoms with Crippen molar-refractivity contribution < 1.29 is 4.74 Å². The Morgan fingerprint density at radius 2 is 2.06 bits per heavy atom. The third-order valence-corrected chi connectivity index (χ3v) is 3.66. The summed E-state index contributed by atoms with van der Waals surface area (Å²) < 4.78 is 6.35. The van der Waals surface area contributed by atoms with Crippen molar-refractivity contribution in [3.05, 3.63) is 20.5 Å². The van der Waals surface area contributed by atoms with Crippen molar-refractivity contribution in [2.24, 2.45) is 0 Å². The average Bonchev–Trinajstić information content (AvgIpc) is 2.62. The summed E-state index contributed by atoms with van der Waals surface area (Å²) in [6.45, 7) is 3.80. The van der Waals surface area contributed by atoms with Gasteiger partial charge in [0.1, 0.15) is 0 Å². The predicted octanol–water partition coefficient (Wildman–Crippen LogP) is 3.80. The lowest BCUT2D eigenvalue weighted by atomic mass is 10.3. The van der Waals surface area contributed by atoms with Crippen LogP contribution in [0.3, 0.4) is 0 Å². The third kappa shape index (κ3) is 3.14. The molecule has 17 heavy (non-hydrogen) atoms. The normalized spacial score (nSPS) is 10.9. The van der Waals surface area contributed by atoms with E-state index in [4.69, 9.17) is 16.3 Å². The van der Waals surface area contributed by atoms with Gasteiger partial charge >= 0.3 is 6.01 Å². The Kier molecular flexibility index (Phi) is 3.96. The van der Waals surface area contributed by atoms with Gasteiger partial charge in [-0.15, -0.1) is 0 Å². The van der Waals surface area contributed by atoms with E-state index in [0.29, 0.717) is 5.82 Å². The molecule has 2 aromatic heterocycles. The molecular formula is C10H9BrClN3OS. The van der Waals surface area contributed by atoms with Crippen LogP contribution in [-0.4, -0.2) is 21.1 Å². The molecule has 0 N–H and O–H groups in total. The number of thiophene rings is 1. The van der Waals surface area contributed by atoms with Crippen LogP contribution >= 0.6 is 38.9 Å². The van der Waals surface area contributed by atoms with E-state index in [9.17, 15) is 0 Å². The van der Waals surface area contributed by atoms with Crippen molar-refractivity contribution in [1.82, 2.24) is 15.0 Å². The molecule has 2 rings (SSSR count). The van der Waals surface area contributed by atoms with Gasteiger partial charge in [0.15, 0.2) is 5.82 Å². The van der Waals surface area contributed by atoms with Gasteiger partial charge in [-0.3, -0.25) is 0 Å². The maximum absolute atomic E-state index is 5.85. The lowest BCUT2D eigenvalue weighted by Gasteiger charge is -2.08. The fourth-order valence-electron chi connectivity index (χ4n) is 1.16. The van der Waals surface area contributed by atoms with E-state index in [-0.39, 0.29) is 17.4 Å². The van der Waals surface area contributed by atoms with Crippen molar-refractivity contribution in [3.63, 3.8) is 0 Å². The quantitative estimate of drug-likeness (QED) is 0.856. The number of hydrogen-bond donors (Lipinski definition) is 0. The predicted molar refractivity (Wildman–Crippen MR) is 71.6 cm³/mol. The highest BCUT2D eigenvalue weighted by Gasteiger charge is 2.12. The monoisotopic (exact) mass is 333 g/mol. The number of rotatable bonds is 3. The largest absolute Gasteiger partial charge is 0.461 e. The molecule has 0 bridgehead atoms. The summed E-state index contributed by atoms with van der Waals surface area (Å²) in [6.07, 6.45) is -0.00719. The Morgan fingerprint density at radius 3 is 2.65 bits per heavy atom. The summed E-state index contributed by atoms with van der Waals surface area (Å²) in [5.74, 6) is 0.508. The highest BCUT2D eigenvalue weighted by Crippen LogP contribution is 2.30. The van der Waals surface area contributed by atoms with E-state index in [2.05, 4.69) is 30.9 Å². The van der Waals surface area contributed by atoms with Crippen molar-refractivity contribution in [1.29, 1.82) is 0 Å². The van der Waals surface area contributed by atoms with E-state index in [0.717, 1.165) is 10.0 Å². The molecule has 0 atom stereocenters. The van der Waals surface area contributed by atoms with E-state index < -0.39 is 0 Å². The molecule has 0 radical (unpaired) electrons. The molecule has 0 aliphatic heterocycles. The Hall–Kier alpha value is -0.720. The Labute approximate surface area is 116 Å². The molecule has 4 nitrogen and oxygen atoms in total. The number of ether oxygens (including phenoxy) is 1. The molecule has 0 aliphatic rings. The molecule has 0 aliphatic carbocycles. The van der Waals surface area contributed by atoms with Gasteiger partial charge in [0.2, 0.25) is 5.28 Å². The van der Waals surface area contributed by atoms with Gasteiger partial charge in [0, 0.05) is 20.8 Å². The second kappa shape index (κ2) is 5.29.